The fraction of sp³-hybridized carbons (Fsp3) is 0.467. The monoisotopic (exact) mass is 418 g/mol. The number of rotatable bonds is 3. The van der Waals surface area contributed by atoms with Crippen LogP contribution in [0.1, 0.15) is 24.8 Å². The summed E-state index contributed by atoms with van der Waals surface area (Å²) in [5.41, 5.74) is 7.75. The minimum absolute atomic E-state index is 0. The van der Waals surface area contributed by atoms with Crippen LogP contribution in [0, 0.1) is 0 Å². The van der Waals surface area contributed by atoms with Crippen LogP contribution in [0.25, 0.3) is 0 Å². The zero-order valence-corrected chi connectivity index (χ0v) is 15.1. The molecule has 22 heavy (non-hydrogen) atoms. The molecule has 7 heteroatoms. The van der Waals surface area contributed by atoms with E-state index in [9.17, 15) is 4.79 Å². The molecule has 1 amide bonds. The Hall–Kier alpha value is -1.51. The summed E-state index contributed by atoms with van der Waals surface area (Å²) in [6.07, 6.45) is 3.17. The summed E-state index contributed by atoms with van der Waals surface area (Å²) in [7, 11) is 1.34. The van der Waals surface area contributed by atoms with Gasteiger partial charge in [-0.2, -0.15) is 0 Å². The number of hydrogen-bond donors (Lipinski definition) is 2. The quantitative estimate of drug-likeness (QED) is 0.450. The van der Waals surface area contributed by atoms with Gasteiger partial charge in [-0.25, -0.2) is 9.79 Å². The number of anilines is 1. The van der Waals surface area contributed by atoms with E-state index in [0.29, 0.717) is 18.2 Å². The first-order chi connectivity index (χ1) is 10.2. The van der Waals surface area contributed by atoms with E-state index < -0.39 is 6.09 Å². The van der Waals surface area contributed by atoms with Crippen molar-refractivity contribution < 1.29 is 9.53 Å². The molecule has 0 aliphatic carbocycles. The predicted molar refractivity (Wildman–Crippen MR) is 98.6 cm³/mol. The number of benzene rings is 1. The lowest BCUT2D eigenvalue weighted by molar-refractivity contribution is 0.187. The Kier molecular flexibility index (Phi) is 8.00. The van der Waals surface area contributed by atoms with E-state index in [2.05, 4.69) is 19.9 Å². The summed E-state index contributed by atoms with van der Waals surface area (Å²) < 4.78 is 4.54. The molecule has 0 saturated carbocycles. The molecular formula is C15H23IN4O2. The Bertz CT molecular complexity index is 499. The summed E-state index contributed by atoms with van der Waals surface area (Å²) in [5, 5.41) is 2.61. The summed E-state index contributed by atoms with van der Waals surface area (Å²) in [4.78, 5) is 17.6. The number of carbonyl (C=O) groups is 1. The molecule has 0 aromatic heterocycles. The van der Waals surface area contributed by atoms with Gasteiger partial charge >= 0.3 is 6.09 Å². The number of nitrogens with zero attached hydrogens (tertiary/aromatic N) is 2. The number of carbonyl (C=O) groups excluding carboxylic acids is 1. The highest BCUT2D eigenvalue weighted by Crippen LogP contribution is 2.12. The van der Waals surface area contributed by atoms with Gasteiger partial charge in [-0.15, -0.1) is 24.0 Å². The maximum Gasteiger partial charge on any atom is 0.411 e. The van der Waals surface area contributed by atoms with Crippen LogP contribution in [-0.4, -0.2) is 37.2 Å². The summed E-state index contributed by atoms with van der Waals surface area (Å²) in [5.74, 6) is 0.617. The highest BCUT2D eigenvalue weighted by atomic mass is 127. The van der Waals surface area contributed by atoms with Crippen molar-refractivity contribution in [2.75, 3.05) is 25.5 Å². The molecule has 0 radical (unpaired) electrons. The smallest absolute Gasteiger partial charge is 0.411 e. The SMILES string of the molecule is COC(=O)Nc1ccc(CN=C(N)N2CCCCC2)cc1.I. The average molecular weight is 418 g/mol. The minimum atomic E-state index is -0.477. The van der Waals surface area contributed by atoms with Crippen LogP contribution in [-0.2, 0) is 11.3 Å². The topological polar surface area (TPSA) is 79.9 Å². The standard InChI is InChI=1S/C15H22N4O2.HI/c1-21-15(20)18-13-7-5-12(6-8-13)11-17-14(16)19-9-3-2-4-10-19;/h5-8H,2-4,9-11H2,1H3,(H2,16,17)(H,18,20);1H. The van der Waals surface area contributed by atoms with Gasteiger partial charge in [-0.1, -0.05) is 12.1 Å². The van der Waals surface area contributed by atoms with Gasteiger partial charge in [0.2, 0.25) is 0 Å². The van der Waals surface area contributed by atoms with E-state index in [0.717, 1.165) is 18.7 Å². The molecule has 1 aromatic carbocycles. The van der Waals surface area contributed by atoms with Gasteiger partial charge in [0, 0.05) is 18.8 Å². The van der Waals surface area contributed by atoms with Crippen molar-refractivity contribution in [2.45, 2.75) is 25.8 Å². The van der Waals surface area contributed by atoms with Crippen LogP contribution in [0.15, 0.2) is 29.3 Å². The number of amides is 1. The number of likely N-dealkylation sites (tertiary alicyclic amines) is 1. The van der Waals surface area contributed by atoms with E-state index in [1.807, 2.05) is 24.3 Å². The maximum absolute atomic E-state index is 11.1. The lowest BCUT2D eigenvalue weighted by atomic mass is 10.1. The fourth-order valence-electron chi connectivity index (χ4n) is 2.26. The zero-order valence-electron chi connectivity index (χ0n) is 12.7. The number of nitrogens with one attached hydrogen (secondary N) is 1. The van der Waals surface area contributed by atoms with E-state index in [1.54, 1.807) is 0 Å². The molecule has 1 aliphatic rings. The second-order valence-electron chi connectivity index (χ2n) is 5.04. The van der Waals surface area contributed by atoms with E-state index in [4.69, 9.17) is 5.73 Å². The molecule has 1 saturated heterocycles. The molecule has 0 atom stereocenters. The van der Waals surface area contributed by atoms with Crippen molar-refractivity contribution in [3.63, 3.8) is 0 Å². The maximum atomic E-state index is 11.1. The Morgan fingerprint density at radius 3 is 2.50 bits per heavy atom. The summed E-state index contributed by atoms with van der Waals surface area (Å²) >= 11 is 0. The van der Waals surface area contributed by atoms with Crippen LogP contribution in [0.2, 0.25) is 0 Å². The number of halogens is 1. The van der Waals surface area contributed by atoms with Gasteiger partial charge in [-0.05, 0) is 37.0 Å². The third kappa shape index (κ3) is 5.70. The highest BCUT2D eigenvalue weighted by molar-refractivity contribution is 14.0. The molecule has 1 heterocycles. The van der Waals surface area contributed by atoms with Gasteiger partial charge in [0.25, 0.3) is 0 Å². The van der Waals surface area contributed by atoms with Crippen molar-refractivity contribution in [2.24, 2.45) is 10.7 Å². The van der Waals surface area contributed by atoms with Crippen molar-refractivity contribution in [3.05, 3.63) is 29.8 Å². The van der Waals surface area contributed by atoms with Crippen LogP contribution in [0.3, 0.4) is 0 Å². The molecule has 1 aliphatic heterocycles. The van der Waals surface area contributed by atoms with Gasteiger partial charge in [0.1, 0.15) is 0 Å². The number of nitrogens with two attached hydrogens (primary N) is 1. The van der Waals surface area contributed by atoms with E-state index in [-0.39, 0.29) is 24.0 Å². The molecule has 1 fully saturated rings. The number of ether oxygens (including phenoxy) is 1. The second kappa shape index (κ2) is 9.50. The summed E-state index contributed by atoms with van der Waals surface area (Å²) in [6.45, 7) is 2.54. The van der Waals surface area contributed by atoms with Crippen molar-refractivity contribution >= 4 is 41.7 Å². The predicted octanol–water partition coefficient (Wildman–Crippen LogP) is 2.78. The number of piperidine rings is 1. The second-order valence-corrected chi connectivity index (χ2v) is 5.04. The Morgan fingerprint density at radius 2 is 1.91 bits per heavy atom. The van der Waals surface area contributed by atoms with Crippen LogP contribution in [0.4, 0.5) is 10.5 Å². The third-order valence-electron chi connectivity index (χ3n) is 3.49. The Balaban J connectivity index is 0.00000242. The number of guanidine groups is 1. The molecule has 122 valence electrons. The molecule has 3 N–H and O–H groups in total. The lowest BCUT2D eigenvalue weighted by Gasteiger charge is -2.27. The number of aliphatic imine (C=N–C) groups is 1. The number of methoxy groups -OCH3 is 1. The minimum Gasteiger partial charge on any atom is -0.453 e. The largest absolute Gasteiger partial charge is 0.453 e. The zero-order chi connectivity index (χ0) is 15.1. The van der Waals surface area contributed by atoms with Gasteiger partial charge in [0.15, 0.2) is 5.96 Å². The first-order valence-electron chi connectivity index (χ1n) is 7.18. The van der Waals surface area contributed by atoms with Crippen LogP contribution in [0.5, 0.6) is 0 Å². The molecule has 0 spiro atoms. The van der Waals surface area contributed by atoms with Crippen molar-refractivity contribution in [3.8, 4) is 0 Å². The third-order valence-corrected chi connectivity index (χ3v) is 3.49. The van der Waals surface area contributed by atoms with E-state index >= 15 is 0 Å². The molecule has 1 aromatic rings. The fourth-order valence-corrected chi connectivity index (χ4v) is 2.26. The molecule has 6 nitrogen and oxygen atoms in total. The Labute approximate surface area is 148 Å². The first-order valence-corrected chi connectivity index (χ1v) is 7.18. The van der Waals surface area contributed by atoms with Crippen molar-refractivity contribution in [1.29, 1.82) is 0 Å². The van der Waals surface area contributed by atoms with Crippen molar-refractivity contribution in [1.82, 2.24) is 4.90 Å². The van der Waals surface area contributed by atoms with Gasteiger partial charge < -0.3 is 15.4 Å². The van der Waals surface area contributed by atoms with Crippen LogP contribution >= 0.6 is 24.0 Å². The molecule has 2 rings (SSSR count). The average Bonchev–Trinajstić information content (AvgIpc) is 2.54. The highest BCUT2D eigenvalue weighted by Gasteiger charge is 2.11. The van der Waals surface area contributed by atoms with Crippen LogP contribution < -0.4 is 11.1 Å². The van der Waals surface area contributed by atoms with E-state index in [1.165, 1.54) is 26.4 Å². The molecular weight excluding hydrogens is 395 g/mol. The number of hydrogen-bond acceptors (Lipinski definition) is 3. The Morgan fingerprint density at radius 1 is 1.27 bits per heavy atom. The molecule has 0 bridgehead atoms. The summed E-state index contributed by atoms with van der Waals surface area (Å²) in [6, 6.07) is 7.47. The normalized spacial score (nSPS) is 15.0. The first kappa shape index (κ1) is 18.5. The van der Waals surface area contributed by atoms with Gasteiger partial charge in [-0.3, -0.25) is 5.32 Å². The van der Waals surface area contributed by atoms with Gasteiger partial charge in [0.05, 0.1) is 13.7 Å². The molecule has 0 unspecified atom stereocenters. The lowest BCUT2D eigenvalue weighted by Crippen LogP contribution is -2.40.